The van der Waals surface area contributed by atoms with E-state index in [1.165, 1.54) is 6.92 Å². The van der Waals surface area contributed by atoms with Gasteiger partial charge in [-0.15, -0.1) is 0 Å². The van der Waals surface area contributed by atoms with Gasteiger partial charge in [-0.1, -0.05) is 63.3 Å². The summed E-state index contributed by atoms with van der Waals surface area (Å²) in [6.07, 6.45) is 6.27. The van der Waals surface area contributed by atoms with E-state index in [2.05, 4.69) is 19.2 Å². The van der Waals surface area contributed by atoms with Gasteiger partial charge in [-0.25, -0.2) is 0 Å². The van der Waals surface area contributed by atoms with Crippen molar-refractivity contribution in [3.8, 4) is 5.75 Å². The van der Waals surface area contributed by atoms with Crippen molar-refractivity contribution < 1.29 is 48.6 Å². The molecule has 280 valence electrons. The number of ether oxygens (including phenoxy) is 5. The summed E-state index contributed by atoms with van der Waals surface area (Å²) in [6.45, 7) is 12.8. The van der Waals surface area contributed by atoms with Gasteiger partial charge in [-0.2, -0.15) is 0 Å². The number of rotatable bonds is 14. The molecule has 4 N–H and O–H groups in total. The molecule has 2 heterocycles. The van der Waals surface area contributed by atoms with Crippen LogP contribution in [0.25, 0.3) is 0 Å². The van der Waals surface area contributed by atoms with Crippen molar-refractivity contribution in [2.45, 2.75) is 135 Å². The number of epoxide rings is 1. The number of aliphatic hydroxyl groups is 3. The van der Waals surface area contributed by atoms with Gasteiger partial charge in [0.25, 0.3) is 0 Å². The second-order valence-corrected chi connectivity index (χ2v) is 14.2. The van der Waals surface area contributed by atoms with Crippen LogP contribution in [0, 0.1) is 11.8 Å². The van der Waals surface area contributed by atoms with E-state index in [1.807, 2.05) is 38.1 Å². The van der Waals surface area contributed by atoms with Gasteiger partial charge in [-0.05, 0) is 57.7 Å². The molecular weight excluding hydrogens is 642 g/mol. The number of para-hydroxylation sites is 1. The Morgan fingerprint density at radius 2 is 1.90 bits per heavy atom. The highest BCUT2D eigenvalue weighted by Crippen LogP contribution is 2.39. The van der Waals surface area contributed by atoms with Crippen LogP contribution in [0.4, 0.5) is 0 Å². The number of cyclic esters (lactones) is 1. The summed E-state index contributed by atoms with van der Waals surface area (Å²) in [5, 5.41) is 37.1. The van der Waals surface area contributed by atoms with Crippen molar-refractivity contribution in [2.24, 2.45) is 11.8 Å². The predicted molar refractivity (Wildman–Crippen MR) is 190 cm³/mol. The molecule has 0 amide bonds. The molecule has 0 aromatic heterocycles. The monoisotopic (exact) mass is 701 g/mol. The highest BCUT2D eigenvalue weighted by Gasteiger charge is 2.54. The second-order valence-electron chi connectivity index (χ2n) is 14.2. The fourth-order valence-electron chi connectivity index (χ4n) is 6.74. The lowest BCUT2D eigenvalue weighted by atomic mass is 9.87. The Hall–Kier alpha value is -3.06. The van der Waals surface area contributed by atoms with Crippen molar-refractivity contribution in [3.63, 3.8) is 0 Å². The van der Waals surface area contributed by atoms with Gasteiger partial charge >= 0.3 is 11.9 Å². The van der Waals surface area contributed by atoms with Gasteiger partial charge < -0.3 is 44.3 Å². The molecule has 0 saturated carbocycles. The number of carbonyl (C=O) groups excluding carboxylic acids is 2. The molecule has 11 nitrogen and oxygen atoms in total. The van der Waals surface area contributed by atoms with E-state index in [9.17, 15) is 24.9 Å². The van der Waals surface area contributed by atoms with Crippen molar-refractivity contribution in [3.05, 3.63) is 65.8 Å². The molecule has 3 unspecified atom stereocenters. The van der Waals surface area contributed by atoms with Crippen LogP contribution in [0.1, 0.15) is 79.7 Å². The molecule has 0 radical (unpaired) electrons. The van der Waals surface area contributed by atoms with Crippen LogP contribution in [0.15, 0.2) is 60.2 Å². The quantitative estimate of drug-likeness (QED) is 0.0933. The third-order valence-corrected chi connectivity index (χ3v) is 9.89. The average Bonchev–Trinajstić information content (AvgIpc) is 3.84. The zero-order valence-electron chi connectivity index (χ0n) is 31.1. The van der Waals surface area contributed by atoms with E-state index < -0.39 is 47.5 Å². The molecule has 1 aromatic carbocycles. The molecule has 0 bridgehead atoms. The Kier molecular flexibility index (Phi) is 15.3. The summed E-state index contributed by atoms with van der Waals surface area (Å²) in [5.41, 5.74) is -1.20. The minimum Gasteiger partial charge on any atom is -0.496 e. The summed E-state index contributed by atoms with van der Waals surface area (Å²) < 4.78 is 28.7. The van der Waals surface area contributed by atoms with E-state index in [1.54, 1.807) is 58.4 Å². The number of hydrogen-bond donors (Lipinski definition) is 4. The minimum atomic E-state index is -1.46. The molecule has 0 spiro atoms. The molecule has 3 rings (SSSR count). The van der Waals surface area contributed by atoms with Gasteiger partial charge in [0.05, 0.1) is 43.5 Å². The topological polar surface area (TPSA) is 156 Å². The molecule has 11 heteroatoms. The van der Waals surface area contributed by atoms with Crippen molar-refractivity contribution in [1.82, 2.24) is 5.32 Å². The molecule has 11 atom stereocenters. The Labute approximate surface area is 297 Å². The maximum absolute atomic E-state index is 12.9. The second kappa shape index (κ2) is 18.4. The standard InChI is InChI=1S/C39H59NO10/c1-10-30(46-8)26(4)35-36(50-35)37(40-23-28-15-11-12-16-31(28)47-9)39(7,45)20-13-14-24(2)34-25(3)17-18-32(48-27(5)41)38(6,44)21-19-29(42)22-33(43)49-34/h11-18,20,25-26,29-30,32,34-37,40,42,44-45H,10,19,21-23H2,1-9H3/t25-,26+,29+,30-,32-,34?,35+,36-,37?,38+,39?/m0/s1. The van der Waals surface area contributed by atoms with Gasteiger partial charge in [-0.3, -0.25) is 9.59 Å². The lowest BCUT2D eigenvalue weighted by Gasteiger charge is -2.32. The van der Waals surface area contributed by atoms with Crippen molar-refractivity contribution in [2.75, 3.05) is 14.2 Å². The van der Waals surface area contributed by atoms with E-state index in [0.29, 0.717) is 12.1 Å². The molecule has 1 saturated heterocycles. The first kappa shape index (κ1) is 41.4. The van der Waals surface area contributed by atoms with Gasteiger partial charge in [0.1, 0.15) is 29.7 Å². The smallest absolute Gasteiger partial charge is 0.309 e. The molecule has 50 heavy (non-hydrogen) atoms. The summed E-state index contributed by atoms with van der Waals surface area (Å²) in [4.78, 5) is 24.7. The zero-order chi connectivity index (χ0) is 37.2. The van der Waals surface area contributed by atoms with Gasteiger partial charge in [0.15, 0.2) is 0 Å². The number of allylic oxidation sites excluding steroid dienone is 2. The van der Waals surface area contributed by atoms with Crippen LogP contribution < -0.4 is 10.1 Å². The van der Waals surface area contributed by atoms with Gasteiger partial charge in [0, 0.05) is 38.0 Å². The zero-order valence-corrected chi connectivity index (χ0v) is 31.1. The molecule has 1 fully saturated rings. The first-order chi connectivity index (χ1) is 23.5. The Bertz CT molecular complexity index is 1350. The number of methoxy groups -OCH3 is 2. The van der Waals surface area contributed by atoms with Crippen LogP contribution in [0.2, 0.25) is 0 Å². The van der Waals surface area contributed by atoms with Crippen LogP contribution in [-0.4, -0.2) is 95.3 Å². The molecular formula is C39H59NO10. The van der Waals surface area contributed by atoms with E-state index in [4.69, 9.17) is 23.7 Å². The number of benzene rings is 1. The summed E-state index contributed by atoms with van der Waals surface area (Å²) in [5.74, 6) is -0.658. The lowest BCUT2D eigenvalue weighted by Crippen LogP contribution is -2.52. The van der Waals surface area contributed by atoms with E-state index in [0.717, 1.165) is 17.7 Å². The highest BCUT2D eigenvalue weighted by atomic mass is 16.6. The van der Waals surface area contributed by atoms with Crippen LogP contribution in [0.3, 0.4) is 0 Å². The van der Waals surface area contributed by atoms with E-state index in [-0.39, 0.29) is 49.4 Å². The minimum absolute atomic E-state index is 0.0205. The van der Waals surface area contributed by atoms with Crippen LogP contribution in [0.5, 0.6) is 5.75 Å². The number of esters is 2. The Balaban J connectivity index is 1.89. The highest BCUT2D eigenvalue weighted by molar-refractivity contribution is 5.70. The Morgan fingerprint density at radius 1 is 1.20 bits per heavy atom. The van der Waals surface area contributed by atoms with Gasteiger partial charge in [0.2, 0.25) is 0 Å². The molecule has 2 aliphatic heterocycles. The Morgan fingerprint density at radius 3 is 2.54 bits per heavy atom. The molecule has 0 aliphatic carbocycles. The lowest BCUT2D eigenvalue weighted by molar-refractivity contribution is -0.157. The summed E-state index contributed by atoms with van der Waals surface area (Å²) in [7, 11) is 3.33. The normalized spacial score (nSPS) is 31.0. The van der Waals surface area contributed by atoms with Crippen molar-refractivity contribution >= 4 is 11.9 Å². The maximum Gasteiger partial charge on any atom is 0.309 e. The summed E-state index contributed by atoms with van der Waals surface area (Å²) >= 11 is 0. The molecule has 2 aliphatic rings. The predicted octanol–water partition coefficient (Wildman–Crippen LogP) is 4.57. The number of carbonyl (C=O) groups is 2. The number of hydrogen-bond acceptors (Lipinski definition) is 11. The number of nitrogens with one attached hydrogen (secondary N) is 1. The van der Waals surface area contributed by atoms with Crippen LogP contribution in [-0.2, 0) is 35.1 Å². The summed E-state index contributed by atoms with van der Waals surface area (Å²) in [6, 6.07) is 7.22. The fourth-order valence-corrected chi connectivity index (χ4v) is 6.74. The first-order valence-corrected chi connectivity index (χ1v) is 17.6. The van der Waals surface area contributed by atoms with Crippen molar-refractivity contribution in [1.29, 1.82) is 0 Å². The first-order valence-electron chi connectivity index (χ1n) is 17.6. The van der Waals surface area contributed by atoms with E-state index >= 15 is 0 Å². The number of aliphatic hydroxyl groups excluding tert-OH is 1. The average molecular weight is 702 g/mol. The largest absolute Gasteiger partial charge is 0.496 e. The maximum atomic E-state index is 12.9. The SMILES string of the molecule is CC[C@H](OC)[C@@H](C)[C@H]1O[C@@H]1C(NCc1ccccc1OC)C(C)(O)C=CC=C(C)C1OC(=O)C[C@H](O)CC[C@@](C)(O)[C@@H](OC(C)=O)C=C[C@@H]1C. The molecule has 1 aromatic rings. The third kappa shape index (κ3) is 11.5. The van der Waals surface area contributed by atoms with Crippen LogP contribution >= 0.6 is 0 Å². The third-order valence-electron chi connectivity index (χ3n) is 9.89. The fraction of sp³-hybridized carbons (Fsp3) is 0.641.